The lowest BCUT2D eigenvalue weighted by Crippen LogP contribution is -2.34. The minimum atomic E-state index is -4.14. The largest absolute Gasteiger partial charge is 0.494 e. The van der Waals surface area contributed by atoms with Crippen LogP contribution in [0.25, 0.3) is 17.2 Å². The van der Waals surface area contributed by atoms with Crippen LogP contribution in [0.4, 0.5) is 5.95 Å². The van der Waals surface area contributed by atoms with Crippen LogP contribution in [0, 0.1) is 0 Å². The van der Waals surface area contributed by atoms with Crippen molar-refractivity contribution in [1.29, 1.82) is 0 Å². The van der Waals surface area contributed by atoms with Crippen LogP contribution < -0.4 is 14.2 Å². The molecule has 4 rings (SSSR count). The Hall–Kier alpha value is -3.75. The highest BCUT2D eigenvalue weighted by Gasteiger charge is 2.35. The summed E-state index contributed by atoms with van der Waals surface area (Å²) in [7, 11) is 0.599. The number of hydrogen-bond donors (Lipinski definition) is 1. The minimum Gasteiger partial charge on any atom is -0.494 e. The lowest BCUT2D eigenvalue weighted by Gasteiger charge is -2.23. The molecule has 0 aliphatic heterocycles. The third-order valence-corrected chi connectivity index (χ3v) is 7.51. The van der Waals surface area contributed by atoms with Gasteiger partial charge in [0.2, 0.25) is 16.0 Å². The number of sulfonamides is 1. The molecule has 0 bridgehead atoms. The van der Waals surface area contributed by atoms with E-state index in [1.165, 1.54) is 38.1 Å². The van der Waals surface area contributed by atoms with Crippen molar-refractivity contribution in [3.8, 4) is 28.7 Å². The maximum absolute atomic E-state index is 13.7. The van der Waals surface area contributed by atoms with Crippen molar-refractivity contribution in [2.24, 2.45) is 7.05 Å². The Morgan fingerprint density at radius 2 is 1.74 bits per heavy atom. The number of para-hydroxylation sites is 1. The maximum Gasteiger partial charge on any atom is 0.243 e. The Morgan fingerprint density at radius 1 is 1.08 bits per heavy atom. The van der Waals surface area contributed by atoms with E-state index >= 15 is 0 Å². The van der Waals surface area contributed by atoms with Crippen LogP contribution in [0.3, 0.4) is 0 Å². The van der Waals surface area contributed by atoms with Gasteiger partial charge in [-0.05, 0) is 32.0 Å². The molecule has 3 heterocycles. The molecule has 15 heteroatoms. The van der Waals surface area contributed by atoms with E-state index in [0.717, 1.165) is 0 Å². The van der Waals surface area contributed by atoms with Crippen LogP contribution in [0.2, 0.25) is 5.02 Å². The monoisotopic (exact) mass is 562 g/mol. The number of hydrogen-bond acceptors (Lipinski definition) is 10. The van der Waals surface area contributed by atoms with Gasteiger partial charge in [0.1, 0.15) is 34.2 Å². The second-order valence-corrected chi connectivity index (χ2v) is 10.5. The van der Waals surface area contributed by atoms with Gasteiger partial charge in [-0.3, -0.25) is 14.0 Å². The molecule has 0 spiro atoms. The highest BCUT2D eigenvalue weighted by atomic mass is 35.5. The molecule has 0 aliphatic rings. The van der Waals surface area contributed by atoms with E-state index in [9.17, 15) is 8.42 Å². The summed E-state index contributed by atoms with van der Waals surface area (Å²) in [5, 5.41) is 12.0. The molecule has 4 aromatic rings. The fourth-order valence-corrected chi connectivity index (χ4v) is 4.96. The third-order valence-electron chi connectivity index (χ3n) is 5.62. The molecule has 3 aromatic heterocycles. The number of nitrogens with zero attached hydrogens (tertiary/aromatic N) is 7. The fourth-order valence-electron chi connectivity index (χ4n) is 3.77. The highest BCUT2D eigenvalue weighted by molar-refractivity contribution is 7.93. The number of anilines is 1. The van der Waals surface area contributed by atoms with E-state index in [4.69, 9.17) is 25.8 Å². The maximum atomic E-state index is 13.7. The molecule has 0 saturated carbocycles. The molecule has 38 heavy (non-hydrogen) atoms. The van der Waals surface area contributed by atoms with Gasteiger partial charge in [-0.1, -0.05) is 17.7 Å². The summed E-state index contributed by atoms with van der Waals surface area (Å²) >= 11 is 5.91. The molecule has 13 nitrogen and oxygen atoms in total. The Kier molecular flexibility index (Phi) is 8.14. The van der Waals surface area contributed by atoms with Crippen molar-refractivity contribution >= 4 is 27.6 Å². The number of aromatic nitrogens is 7. The van der Waals surface area contributed by atoms with Crippen molar-refractivity contribution in [1.82, 2.24) is 34.5 Å². The Labute approximate surface area is 224 Å². The van der Waals surface area contributed by atoms with Crippen LogP contribution in [-0.2, 0) is 21.8 Å². The Balaban J connectivity index is 1.82. The first-order chi connectivity index (χ1) is 18.2. The van der Waals surface area contributed by atoms with Crippen LogP contribution in [0.15, 0.2) is 42.9 Å². The molecular formula is C23H27ClN8O5S. The fraction of sp³-hybridized carbons (Fsp3) is 0.348. The van der Waals surface area contributed by atoms with Crippen LogP contribution in [-0.4, -0.2) is 69.0 Å². The van der Waals surface area contributed by atoms with Crippen LogP contribution >= 0.6 is 11.6 Å². The van der Waals surface area contributed by atoms with Crippen molar-refractivity contribution in [3.05, 3.63) is 53.7 Å². The molecule has 1 unspecified atom stereocenters. The lowest BCUT2D eigenvalue weighted by molar-refractivity contribution is 0.0558. The minimum absolute atomic E-state index is 0.104. The quantitative estimate of drug-likeness (QED) is 0.289. The van der Waals surface area contributed by atoms with Gasteiger partial charge in [-0.25, -0.2) is 18.4 Å². The first kappa shape index (κ1) is 27.3. The second-order valence-electron chi connectivity index (χ2n) is 8.06. The standard InChI is InChI=1S/C23H27ClN8O5S/c1-6-37-20(21-25-12-15(24)13-26-21)14(2)38(33,34)30-23-28-27-22(16-10-11-31(3)29-16)32(23)19-17(35-4)8-7-9-18(19)36-5/h7-14,20H,6H2,1-5H3,(H,28,30)/t14?,20-/m0/s1. The molecule has 1 N–H and O–H groups in total. The van der Waals surface area contributed by atoms with E-state index in [0.29, 0.717) is 27.9 Å². The van der Waals surface area contributed by atoms with E-state index in [2.05, 4.69) is 30.0 Å². The predicted octanol–water partition coefficient (Wildman–Crippen LogP) is 3.04. The van der Waals surface area contributed by atoms with Crippen LogP contribution in [0.5, 0.6) is 11.5 Å². The summed E-state index contributed by atoms with van der Waals surface area (Å²) in [6.45, 7) is 3.47. The number of rotatable bonds is 11. The SMILES string of the molecule is CCO[C@H](c1ncc(Cl)cn1)C(C)S(=O)(=O)Nc1nnc(-c2ccn(C)n2)n1-c1c(OC)cccc1OC. The van der Waals surface area contributed by atoms with Gasteiger partial charge in [0, 0.05) is 32.2 Å². The molecule has 0 aliphatic carbocycles. The number of halogens is 1. The summed E-state index contributed by atoms with van der Waals surface area (Å²) in [6, 6.07) is 6.90. The van der Waals surface area contributed by atoms with Crippen LogP contribution in [0.1, 0.15) is 25.8 Å². The number of ether oxygens (including phenoxy) is 3. The Bertz CT molecular complexity index is 1480. The zero-order chi connectivity index (χ0) is 27.4. The third kappa shape index (κ3) is 5.42. The molecule has 202 valence electrons. The highest BCUT2D eigenvalue weighted by Crippen LogP contribution is 2.37. The van der Waals surface area contributed by atoms with Gasteiger partial charge < -0.3 is 14.2 Å². The number of aryl methyl sites for hydroxylation is 1. The van der Waals surface area contributed by atoms with Gasteiger partial charge in [0.25, 0.3) is 0 Å². The molecule has 1 aromatic carbocycles. The smallest absolute Gasteiger partial charge is 0.243 e. The zero-order valence-electron chi connectivity index (χ0n) is 21.4. The van der Waals surface area contributed by atoms with Gasteiger partial charge >= 0.3 is 0 Å². The Morgan fingerprint density at radius 3 is 2.29 bits per heavy atom. The van der Waals surface area contributed by atoms with Gasteiger partial charge in [-0.15, -0.1) is 10.2 Å². The first-order valence-electron chi connectivity index (χ1n) is 11.5. The zero-order valence-corrected chi connectivity index (χ0v) is 22.9. The molecule has 2 atom stereocenters. The second kappa shape index (κ2) is 11.3. The van der Waals surface area contributed by atoms with Crippen molar-refractivity contribution in [2.75, 3.05) is 25.5 Å². The normalized spacial score (nSPS) is 13.2. The van der Waals surface area contributed by atoms with E-state index in [1.54, 1.807) is 49.1 Å². The summed E-state index contributed by atoms with van der Waals surface area (Å²) in [5.74, 6) is 1.14. The average Bonchev–Trinajstić information content (AvgIpc) is 3.52. The summed E-state index contributed by atoms with van der Waals surface area (Å²) in [5.41, 5.74) is 0.837. The molecule has 0 radical (unpaired) electrons. The topological polar surface area (TPSA) is 148 Å². The van der Waals surface area contributed by atoms with Gasteiger partial charge in [0.15, 0.2) is 11.6 Å². The molecule has 0 amide bonds. The van der Waals surface area contributed by atoms with Gasteiger partial charge in [0.05, 0.1) is 19.2 Å². The van der Waals surface area contributed by atoms with E-state index < -0.39 is 21.4 Å². The molecule has 0 fully saturated rings. The summed E-state index contributed by atoms with van der Waals surface area (Å²) in [6.07, 6.45) is 3.51. The molecular weight excluding hydrogens is 536 g/mol. The van der Waals surface area contributed by atoms with Crippen molar-refractivity contribution in [3.63, 3.8) is 0 Å². The first-order valence-corrected chi connectivity index (χ1v) is 13.4. The number of nitrogens with one attached hydrogen (secondary N) is 1. The number of benzene rings is 1. The lowest BCUT2D eigenvalue weighted by atomic mass is 10.2. The van der Waals surface area contributed by atoms with Crippen molar-refractivity contribution < 1.29 is 22.6 Å². The van der Waals surface area contributed by atoms with E-state index in [-0.39, 0.29) is 24.2 Å². The number of methoxy groups -OCH3 is 2. The summed E-state index contributed by atoms with van der Waals surface area (Å²) < 4.78 is 49.8. The van der Waals surface area contributed by atoms with E-state index in [1.807, 2.05) is 0 Å². The molecule has 0 saturated heterocycles. The van der Waals surface area contributed by atoms with Crippen molar-refractivity contribution in [2.45, 2.75) is 25.2 Å². The van der Waals surface area contributed by atoms with Gasteiger partial charge in [-0.2, -0.15) is 5.10 Å². The average molecular weight is 563 g/mol. The predicted molar refractivity (Wildman–Crippen MR) is 140 cm³/mol. The summed E-state index contributed by atoms with van der Waals surface area (Å²) in [4.78, 5) is 8.32.